The van der Waals surface area contributed by atoms with E-state index in [0.29, 0.717) is 0 Å². The summed E-state index contributed by atoms with van der Waals surface area (Å²) in [5.41, 5.74) is -0.162. The highest BCUT2D eigenvalue weighted by Crippen LogP contribution is 2.24. The van der Waals surface area contributed by atoms with Crippen molar-refractivity contribution < 1.29 is 28.6 Å². The van der Waals surface area contributed by atoms with E-state index in [0.717, 1.165) is 7.11 Å². The van der Waals surface area contributed by atoms with Gasteiger partial charge in [0.2, 0.25) is 0 Å². The molecule has 1 aromatic rings. The molecule has 0 N–H and O–H groups in total. The Morgan fingerprint density at radius 1 is 1.00 bits per heavy atom. The number of hydrogen-bond donors (Lipinski definition) is 0. The molecule has 0 aromatic heterocycles. The van der Waals surface area contributed by atoms with Gasteiger partial charge in [0.1, 0.15) is 11.3 Å². The number of esters is 3. The molecule has 96 valence electrons. The summed E-state index contributed by atoms with van der Waals surface area (Å²) in [6, 6.07) is 4.24. The molecule has 0 atom stereocenters. The van der Waals surface area contributed by atoms with Gasteiger partial charge in [-0.25, -0.2) is 9.59 Å². The van der Waals surface area contributed by atoms with Crippen molar-refractivity contribution in [1.29, 1.82) is 0 Å². The quantitative estimate of drug-likeness (QED) is 0.593. The van der Waals surface area contributed by atoms with Crippen LogP contribution in [-0.2, 0) is 14.3 Å². The summed E-state index contributed by atoms with van der Waals surface area (Å²) in [7, 11) is 2.34. The Morgan fingerprint density at radius 2 is 1.61 bits per heavy atom. The maximum absolute atomic E-state index is 11.6. The van der Waals surface area contributed by atoms with E-state index < -0.39 is 17.9 Å². The lowest BCUT2D eigenvalue weighted by atomic mass is 10.1. The Labute approximate surface area is 103 Å². The molecule has 0 heterocycles. The average Bonchev–Trinajstić information content (AvgIpc) is 2.36. The van der Waals surface area contributed by atoms with E-state index in [1.54, 1.807) is 0 Å². The fourth-order valence-corrected chi connectivity index (χ4v) is 1.36. The first-order valence-electron chi connectivity index (χ1n) is 4.99. The van der Waals surface area contributed by atoms with Crippen LogP contribution in [0.3, 0.4) is 0 Å². The smallest absolute Gasteiger partial charge is 0.342 e. The van der Waals surface area contributed by atoms with E-state index in [1.165, 1.54) is 32.2 Å². The van der Waals surface area contributed by atoms with Gasteiger partial charge in [0.05, 0.1) is 19.8 Å². The SMILES string of the molecule is COC(=O)c1cccc(OC(C)=O)c1C(=O)OC. The van der Waals surface area contributed by atoms with Crippen LogP contribution in [0.2, 0.25) is 0 Å². The average molecular weight is 252 g/mol. The van der Waals surface area contributed by atoms with Crippen molar-refractivity contribution >= 4 is 17.9 Å². The van der Waals surface area contributed by atoms with Gasteiger partial charge in [0, 0.05) is 6.92 Å². The zero-order valence-electron chi connectivity index (χ0n) is 10.2. The van der Waals surface area contributed by atoms with Crippen LogP contribution in [0.1, 0.15) is 27.6 Å². The predicted molar refractivity (Wildman–Crippen MR) is 60.4 cm³/mol. The first-order valence-corrected chi connectivity index (χ1v) is 4.99. The van der Waals surface area contributed by atoms with Gasteiger partial charge in [-0.15, -0.1) is 0 Å². The van der Waals surface area contributed by atoms with Gasteiger partial charge in [0.15, 0.2) is 0 Å². The fourth-order valence-electron chi connectivity index (χ4n) is 1.36. The maximum Gasteiger partial charge on any atom is 0.342 e. The second-order valence-corrected chi connectivity index (χ2v) is 3.26. The zero-order valence-corrected chi connectivity index (χ0v) is 10.2. The van der Waals surface area contributed by atoms with Gasteiger partial charge >= 0.3 is 17.9 Å². The lowest BCUT2D eigenvalue weighted by Crippen LogP contribution is -2.15. The third-order valence-corrected chi connectivity index (χ3v) is 2.07. The van der Waals surface area contributed by atoms with Crippen LogP contribution in [0, 0.1) is 0 Å². The first kappa shape index (κ1) is 13.7. The van der Waals surface area contributed by atoms with Crippen LogP contribution in [-0.4, -0.2) is 32.1 Å². The summed E-state index contributed by atoms with van der Waals surface area (Å²) in [6.07, 6.45) is 0. The van der Waals surface area contributed by atoms with E-state index in [9.17, 15) is 14.4 Å². The second kappa shape index (κ2) is 5.81. The molecule has 1 rings (SSSR count). The number of methoxy groups -OCH3 is 2. The standard InChI is InChI=1S/C12H12O6/c1-7(13)18-9-6-4-5-8(11(14)16-2)10(9)12(15)17-3/h4-6H,1-3H3. The van der Waals surface area contributed by atoms with Crippen LogP contribution < -0.4 is 4.74 Å². The Morgan fingerprint density at radius 3 is 2.11 bits per heavy atom. The number of benzene rings is 1. The van der Waals surface area contributed by atoms with Gasteiger partial charge in [0.25, 0.3) is 0 Å². The van der Waals surface area contributed by atoms with Crippen molar-refractivity contribution in [3.05, 3.63) is 29.3 Å². The molecule has 0 amide bonds. The zero-order chi connectivity index (χ0) is 13.7. The second-order valence-electron chi connectivity index (χ2n) is 3.26. The first-order chi connectivity index (χ1) is 8.51. The normalized spacial score (nSPS) is 9.50. The molecular formula is C12H12O6. The summed E-state index contributed by atoms with van der Waals surface area (Å²) < 4.78 is 14.0. The van der Waals surface area contributed by atoms with E-state index in [2.05, 4.69) is 9.47 Å². The van der Waals surface area contributed by atoms with Crippen molar-refractivity contribution in [2.45, 2.75) is 6.92 Å². The lowest BCUT2D eigenvalue weighted by molar-refractivity contribution is -0.131. The topological polar surface area (TPSA) is 78.9 Å². The molecule has 18 heavy (non-hydrogen) atoms. The minimum atomic E-state index is -0.785. The molecular weight excluding hydrogens is 240 g/mol. The summed E-state index contributed by atoms with van der Waals surface area (Å²) in [4.78, 5) is 34.1. The van der Waals surface area contributed by atoms with Crippen molar-refractivity contribution in [2.75, 3.05) is 14.2 Å². The van der Waals surface area contributed by atoms with E-state index >= 15 is 0 Å². The van der Waals surface area contributed by atoms with Gasteiger partial charge in [-0.2, -0.15) is 0 Å². The van der Waals surface area contributed by atoms with Crippen molar-refractivity contribution in [3.63, 3.8) is 0 Å². The summed E-state index contributed by atoms with van der Waals surface area (Å²) in [6.45, 7) is 1.19. The summed E-state index contributed by atoms with van der Waals surface area (Å²) in [5, 5.41) is 0. The number of hydrogen-bond acceptors (Lipinski definition) is 6. The summed E-state index contributed by atoms with van der Waals surface area (Å²) in [5.74, 6) is -2.16. The number of carbonyl (C=O) groups is 3. The monoisotopic (exact) mass is 252 g/mol. The number of ether oxygens (including phenoxy) is 3. The molecule has 0 spiro atoms. The number of rotatable bonds is 3. The van der Waals surface area contributed by atoms with Gasteiger partial charge in [-0.3, -0.25) is 4.79 Å². The molecule has 0 aliphatic rings. The minimum absolute atomic E-state index is 0.0249. The van der Waals surface area contributed by atoms with Crippen LogP contribution in [0.5, 0.6) is 5.75 Å². The third-order valence-electron chi connectivity index (χ3n) is 2.07. The molecule has 0 aliphatic heterocycles. The molecule has 0 saturated carbocycles. The molecule has 0 unspecified atom stereocenters. The van der Waals surface area contributed by atoms with Crippen LogP contribution in [0.4, 0.5) is 0 Å². The molecule has 0 saturated heterocycles. The predicted octanol–water partition coefficient (Wildman–Crippen LogP) is 1.19. The maximum atomic E-state index is 11.6. The molecule has 0 fully saturated rings. The Balaban J connectivity index is 3.39. The van der Waals surface area contributed by atoms with Crippen LogP contribution in [0.25, 0.3) is 0 Å². The van der Waals surface area contributed by atoms with Gasteiger partial charge in [-0.05, 0) is 12.1 Å². The van der Waals surface area contributed by atoms with Gasteiger partial charge < -0.3 is 14.2 Å². The van der Waals surface area contributed by atoms with E-state index in [-0.39, 0.29) is 16.9 Å². The van der Waals surface area contributed by atoms with E-state index in [4.69, 9.17) is 4.74 Å². The molecule has 6 nitrogen and oxygen atoms in total. The molecule has 0 bridgehead atoms. The molecule has 0 aliphatic carbocycles. The Bertz CT molecular complexity index is 491. The van der Waals surface area contributed by atoms with Crippen LogP contribution in [0.15, 0.2) is 18.2 Å². The van der Waals surface area contributed by atoms with Crippen molar-refractivity contribution in [2.24, 2.45) is 0 Å². The summed E-state index contributed by atoms with van der Waals surface area (Å²) >= 11 is 0. The van der Waals surface area contributed by atoms with Crippen molar-refractivity contribution in [3.8, 4) is 5.75 Å². The van der Waals surface area contributed by atoms with Crippen molar-refractivity contribution in [1.82, 2.24) is 0 Å². The highest BCUT2D eigenvalue weighted by Gasteiger charge is 2.23. The minimum Gasteiger partial charge on any atom is -0.465 e. The third kappa shape index (κ3) is 2.85. The van der Waals surface area contributed by atoms with E-state index in [1.807, 2.05) is 0 Å². The lowest BCUT2D eigenvalue weighted by Gasteiger charge is -2.10. The van der Waals surface area contributed by atoms with Gasteiger partial charge in [-0.1, -0.05) is 6.07 Å². The molecule has 1 aromatic carbocycles. The molecule has 6 heteroatoms. The number of carbonyl (C=O) groups excluding carboxylic acids is 3. The Kier molecular flexibility index (Phi) is 4.42. The van der Waals surface area contributed by atoms with Crippen LogP contribution >= 0.6 is 0 Å². The fraction of sp³-hybridized carbons (Fsp3) is 0.250. The Hall–Kier alpha value is -2.37. The largest absolute Gasteiger partial charge is 0.465 e. The highest BCUT2D eigenvalue weighted by molar-refractivity contribution is 6.05. The highest BCUT2D eigenvalue weighted by atomic mass is 16.5. The molecule has 0 radical (unpaired) electrons.